The molecule has 24 nitrogen and oxygen atoms in total. The number of allylic oxidation sites excluding steroid dienone is 1. The Morgan fingerprint density at radius 3 is 2.36 bits per heavy atom. The summed E-state index contributed by atoms with van der Waals surface area (Å²) in [4.78, 5) is 87.9. The largest absolute Gasteiger partial charge is 0.481 e. The number of carbonyl (C=O) groups is 3. The number of aliphatic hydroxyl groups excluding tert-OH is 2. The van der Waals surface area contributed by atoms with Crippen molar-refractivity contribution < 1.29 is 80.5 Å². The van der Waals surface area contributed by atoms with Gasteiger partial charge in [0, 0.05) is 30.7 Å². The highest BCUT2D eigenvalue weighted by molar-refractivity contribution is 8.14. The third-order valence-electron chi connectivity index (χ3n) is 8.97. The molecule has 1 aliphatic heterocycles. The summed E-state index contributed by atoms with van der Waals surface area (Å²) >= 11 is 1.06. The zero-order valence-electron chi connectivity index (χ0n) is 33.9. The van der Waals surface area contributed by atoms with Crippen molar-refractivity contribution in [1.82, 2.24) is 30.2 Å². The number of aromatic nitrogens is 4. The molecule has 2 amide bonds. The van der Waals surface area contributed by atoms with Gasteiger partial charge in [-0.2, -0.15) is 4.31 Å². The molecule has 0 aromatic carbocycles. The van der Waals surface area contributed by atoms with Crippen molar-refractivity contribution in [2.24, 2.45) is 5.41 Å². The van der Waals surface area contributed by atoms with Crippen molar-refractivity contribution in [3.05, 3.63) is 24.8 Å². The van der Waals surface area contributed by atoms with E-state index in [4.69, 9.17) is 19.5 Å². The summed E-state index contributed by atoms with van der Waals surface area (Å²) < 4.78 is 62.3. The van der Waals surface area contributed by atoms with Gasteiger partial charge in [-0.25, -0.2) is 28.6 Å². The van der Waals surface area contributed by atoms with E-state index < -0.39 is 84.6 Å². The van der Waals surface area contributed by atoms with Crippen LogP contribution in [0.5, 0.6) is 0 Å². The first-order chi connectivity index (χ1) is 28.6. The Morgan fingerprint density at radius 2 is 1.67 bits per heavy atom. The van der Waals surface area contributed by atoms with Crippen molar-refractivity contribution in [1.29, 1.82) is 0 Å². The minimum atomic E-state index is -5.57. The zero-order valence-corrected chi connectivity index (χ0v) is 37.4. The highest BCUT2D eigenvalue weighted by Crippen LogP contribution is 2.61. The molecular weight excluding hydrogens is 891 g/mol. The second-order valence-electron chi connectivity index (χ2n) is 14.5. The van der Waals surface area contributed by atoms with Gasteiger partial charge in [0.2, 0.25) is 16.9 Å². The second-order valence-corrected chi connectivity index (χ2v) is 19.9. The van der Waals surface area contributed by atoms with Gasteiger partial charge in [-0.15, -0.1) is 0 Å². The summed E-state index contributed by atoms with van der Waals surface area (Å²) in [5.41, 5.74) is 4.27. The number of anilines is 1. The minimum Gasteiger partial charge on any atom is -0.386 e. The van der Waals surface area contributed by atoms with Crippen LogP contribution >= 0.6 is 35.2 Å². The number of carbonyl (C=O) groups excluding carboxylic acids is 3. The van der Waals surface area contributed by atoms with E-state index in [0.717, 1.165) is 48.2 Å². The summed E-state index contributed by atoms with van der Waals surface area (Å²) in [6, 6.07) is 0. The number of phosphoric ester groups is 3. The zero-order chi connectivity index (χ0) is 45.4. The van der Waals surface area contributed by atoms with E-state index in [1.54, 1.807) is 0 Å². The molecule has 1 aliphatic rings. The number of phosphoric acid groups is 3. The molecule has 0 spiro atoms. The van der Waals surface area contributed by atoms with Gasteiger partial charge < -0.3 is 50.9 Å². The average Bonchev–Trinajstić information content (AvgIpc) is 3.73. The number of amides is 2. The molecule has 2 aromatic heterocycles. The van der Waals surface area contributed by atoms with Gasteiger partial charge >= 0.3 is 23.5 Å². The van der Waals surface area contributed by atoms with Crippen LogP contribution in [0.3, 0.4) is 0 Å². The number of hydrogen-bond acceptors (Lipinski definition) is 18. The highest BCUT2D eigenvalue weighted by Gasteiger charge is 2.50. The van der Waals surface area contributed by atoms with Gasteiger partial charge in [0.05, 0.1) is 19.5 Å². The number of nitrogens with two attached hydrogens (primary N) is 1. The number of rotatable bonds is 28. The summed E-state index contributed by atoms with van der Waals surface area (Å²) in [5.74, 6) is -1.10. The molecular formula is C33H56N7O17P3S. The van der Waals surface area contributed by atoms with Crippen LogP contribution in [0.15, 0.2) is 24.8 Å². The van der Waals surface area contributed by atoms with Gasteiger partial charge in [0.15, 0.2) is 17.7 Å². The Kier molecular flexibility index (Phi) is 21.0. The fraction of sp³-hybridized carbons (Fsp3) is 0.697. The number of fused-ring (bicyclic) bond motifs is 1. The van der Waals surface area contributed by atoms with E-state index in [-0.39, 0.29) is 41.6 Å². The van der Waals surface area contributed by atoms with E-state index in [2.05, 4.69) is 41.3 Å². The fourth-order valence-electron chi connectivity index (χ4n) is 5.73. The lowest BCUT2D eigenvalue weighted by Crippen LogP contribution is -2.46. The van der Waals surface area contributed by atoms with Crippen LogP contribution in [0.1, 0.15) is 84.8 Å². The molecule has 10 N–H and O–H groups in total. The number of thioether (sulfide) groups is 1. The van der Waals surface area contributed by atoms with Crippen molar-refractivity contribution >= 4 is 69.1 Å². The fourth-order valence-corrected chi connectivity index (χ4v) is 9.16. The summed E-state index contributed by atoms with van der Waals surface area (Å²) in [5, 5.41) is 26.4. The van der Waals surface area contributed by atoms with Gasteiger partial charge in [0.1, 0.15) is 36.3 Å². The van der Waals surface area contributed by atoms with Crippen LogP contribution in [-0.4, -0.2) is 123 Å². The Bertz CT molecular complexity index is 1940. The molecule has 61 heavy (non-hydrogen) atoms. The van der Waals surface area contributed by atoms with E-state index in [9.17, 15) is 57.9 Å². The molecule has 28 heteroatoms. The molecule has 2 aromatic rings. The monoisotopic (exact) mass is 947 g/mol. The number of unbranched alkanes of at least 4 members (excludes halogenated alkanes) is 7. The first-order valence-corrected chi connectivity index (χ1v) is 24.8. The summed E-state index contributed by atoms with van der Waals surface area (Å²) in [7, 11) is -16.4. The maximum Gasteiger partial charge on any atom is 0.481 e. The van der Waals surface area contributed by atoms with Gasteiger partial charge in [-0.05, 0) is 18.9 Å². The van der Waals surface area contributed by atoms with Crippen LogP contribution in [0.4, 0.5) is 5.82 Å². The van der Waals surface area contributed by atoms with Gasteiger partial charge in [-0.1, -0.05) is 77.1 Å². The Labute approximate surface area is 356 Å². The lowest BCUT2D eigenvalue weighted by molar-refractivity contribution is -0.137. The topological polar surface area (TPSA) is 364 Å². The van der Waals surface area contributed by atoms with Crippen molar-refractivity contribution in [2.45, 2.75) is 109 Å². The van der Waals surface area contributed by atoms with Crippen molar-refractivity contribution in [2.75, 3.05) is 37.8 Å². The van der Waals surface area contributed by atoms with Crippen LogP contribution < -0.4 is 16.4 Å². The van der Waals surface area contributed by atoms with E-state index in [0.29, 0.717) is 5.75 Å². The quantitative estimate of drug-likeness (QED) is 0.0336. The lowest BCUT2D eigenvalue weighted by atomic mass is 9.87. The first-order valence-electron chi connectivity index (χ1n) is 19.3. The smallest absolute Gasteiger partial charge is 0.386 e. The van der Waals surface area contributed by atoms with Crippen LogP contribution in [0, 0.1) is 5.41 Å². The molecule has 3 rings (SSSR count). The third kappa shape index (κ3) is 18.1. The Morgan fingerprint density at radius 1 is 1.00 bits per heavy atom. The molecule has 3 heterocycles. The standard InChI is InChI=1S/C33H56N7O17P3S/c1-4-5-6-7-8-9-10-11-12-13-24(42)61-17-16-35-23(41)14-15-36-31(45)28(44)33(2,3)19-54-60(51,52)57-59(49,50)53-18-22-27(56-58(46,47)48)26(43)32(55-22)40-21-39-25-29(34)37-20-38-30(25)40/h12-13,20-22,26-28,32,43-44H,4-11,14-19H2,1-3H3,(H,35,41)(H,36,45)(H,49,50)(H,51,52)(H2,34,37,38)(H2,46,47,48)/b13-12-/t22-,26-,27-,28-,32-/m1/s1. The van der Waals surface area contributed by atoms with Crippen LogP contribution in [0.25, 0.3) is 11.2 Å². The van der Waals surface area contributed by atoms with Crippen molar-refractivity contribution in [3.8, 4) is 0 Å². The molecule has 0 saturated carbocycles. The molecule has 0 radical (unpaired) electrons. The molecule has 346 valence electrons. The first kappa shape index (κ1) is 52.6. The molecule has 2 unspecified atom stereocenters. The van der Waals surface area contributed by atoms with E-state index >= 15 is 0 Å². The summed E-state index contributed by atoms with van der Waals surface area (Å²) in [6.07, 6.45) is 5.64. The number of imidazole rings is 1. The number of ether oxygens (including phenoxy) is 1. The number of nitrogen functional groups attached to an aromatic ring is 1. The maximum absolute atomic E-state index is 12.7. The third-order valence-corrected chi connectivity index (χ3v) is 12.9. The molecule has 7 atom stereocenters. The Hall–Kier alpha value is -2.70. The second kappa shape index (κ2) is 24.4. The SMILES string of the molecule is CCCCCCCCC/C=C\C(=O)SCCNC(=O)CCNC(=O)[C@@H](O)C(C)(C)COP(=O)(O)OP(=O)(O)OC[C@H]1O[C@@H](n2cnc3c(N)ncnc32)[C@H](O)[C@@H]1OP(=O)(O)O. The van der Waals surface area contributed by atoms with Crippen LogP contribution in [-0.2, 0) is 50.7 Å². The molecule has 0 bridgehead atoms. The van der Waals surface area contributed by atoms with Crippen molar-refractivity contribution in [3.63, 3.8) is 0 Å². The number of aliphatic hydroxyl groups is 2. The van der Waals surface area contributed by atoms with Crippen LogP contribution in [0.2, 0.25) is 0 Å². The van der Waals surface area contributed by atoms with Gasteiger partial charge in [0.25, 0.3) is 0 Å². The summed E-state index contributed by atoms with van der Waals surface area (Å²) in [6.45, 7) is 2.69. The predicted molar refractivity (Wildman–Crippen MR) is 219 cm³/mol. The lowest BCUT2D eigenvalue weighted by Gasteiger charge is -2.30. The highest BCUT2D eigenvalue weighted by atomic mass is 32.2. The maximum atomic E-state index is 12.7. The van der Waals surface area contributed by atoms with Gasteiger partial charge in [-0.3, -0.25) is 32.5 Å². The normalized spacial score (nSPS) is 21.0. The van der Waals surface area contributed by atoms with E-state index in [1.165, 1.54) is 52.0 Å². The number of nitrogens with zero attached hydrogens (tertiary/aromatic N) is 4. The number of nitrogens with one attached hydrogen (secondary N) is 2. The predicted octanol–water partition coefficient (Wildman–Crippen LogP) is 2.36. The molecule has 1 fully saturated rings. The number of hydrogen-bond donors (Lipinski definition) is 9. The molecule has 0 aliphatic carbocycles. The van der Waals surface area contributed by atoms with E-state index in [1.807, 2.05) is 6.08 Å². The minimum absolute atomic E-state index is 0.0317. The average molecular weight is 948 g/mol. The Balaban J connectivity index is 1.40. The molecule has 1 saturated heterocycles.